The predicted molar refractivity (Wildman–Crippen MR) is 102 cm³/mol. The Morgan fingerprint density at radius 2 is 1.85 bits per heavy atom. The number of aromatic nitrogens is 3. The van der Waals surface area contributed by atoms with Gasteiger partial charge in [-0.05, 0) is 42.0 Å². The van der Waals surface area contributed by atoms with Crippen LogP contribution in [0.15, 0.2) is 52.1 Å². The van der Waals surface area contributed by atoms with Crippen LogP contribution >= 0.6 is 27.7 Å². The van der Waals surface area contributed by atoms with E-state index in [-0.39, 0.29) is 5.82 Å². The molecular formula is C18H17BrFN3O2S. The van der Waals surface area contributed by atoms with Crippen molar-refractivity contribution >= 4 is 27.7 Å². The second kappa shape index (κ2) is 8.55. The first-order valence-corrected chi connectivity index (χ1v) is 9.56. The number of hydrogen-bond acceptors (Lipinski definition) is 5. The Morgan fingerprint density at radius 1 is 1.12 bits per heavy atom. The fraction of sp³-hybridized carbons (Fsp3) is 0.222. The highest BCUT2D eigenvalue weighted by Crippen LogP contribution is 2.25. The molecule has 0 N–H and O–H groups in total. The van der Waals surface area contributed by atoms with Gasteiger partial charge in [-0.25, -0.2) is 4.39 Å². The first kappa shape index (κ1) is 18.7. The third kappa shape index (κ3) is 4.56. The standard InChI is InChI=1S/C18H17BrFN3O2S/c1-23-17(10-25-15-7-5-14(24-2)6-8-15)21-22-18(23)26-11-12-3-4-13(19)9-16(12)20/h3-9H,10-11H2,1-2H3. The fourth-order valence-electron chi connectivity index (χ4n) is 2.20. The van der Waals surface area contributed by atoms with E-state index in [1.165, 1.54) is 17.8 Å². The molecule has 5 nitrogen and oxygen atoms in total. The number of nitrogens with zero attached hydrogens (tertiary/aromatic N) is 3. The third-order valence-corrected chi connectivity index (χ3v) is 5.29. The van der Waals surface area contributed by atoms with Crippen LogP contribution in [0.5, 0.6) is 11.5 Å². The second-order valence-corrected chi connectivity index (χ2v) is 7.30. The Labute approximate surface area is 163 Å². The number of methoxy groups -OCH3 is 1. The largest absolute Gasteiger partial charge is 0.497 e. The average molecular weight is 438 g/mol. The summed E-state index contributed by atoms with van der Waals surface area (Å²) in [5.41, 5.74) is 0.622. The molecule has 1 aromatic heterocycles. The van der Waals surface area contributed by atoms with E-state index in [2.05, 4.69) is 26.1 Å². The number of ether oxygens (including phenoxy) is 2. The lowest BCUT2D eigenvalue weighted by molar-refractivity contribution is 0.290. The molecule has 0 aliphatic heterocycles. The van der Waals surface area contributed by atoms with Gasteiger partial charge < -0.3 is 14.0 Å². The number of halogens is 2. The maximum atomic E-state index is 13.9. The molecule has 3 rings (SSSR count). The van der Waals surface area contributed by atoms with Crippen molar-refractivity contribution < 1.29 is 13.9 Å². The van der Waals surface area contributed by atoms with Gasteiger partial charge in [0.2, 0.25) is 0 Å². The summed E-state index contributed by atoms with van der Waals surface area (Å²) in [5, 5.41) is 9.03. The molecule has 0 atom stereocenters. The molecule has 0 saturated heterocycles. The number of hydrogen-bond donors (Lipinski definition) is 0. The summed E-state index contributed by atoms with van der Waals surface area (Å²) >= 11 is 4.69. The second-order valence-electron chi connectivity index (χ2n) is 5.45. The molecule has 0 fully saturated rings. The molecule has 0 aliphatic carbocycles. The highest BCUT2D eigenvalue weighted by atomic mass is 79.9. The Bertz CT molecular complexity index is 887. The van der Waals surface area contributed by atoms with Gasteiger partial charge in [0.1, 0.15) is 23.9 Å². The minimum absolute atomic E-state index is 0.239. The molecule has 0 bridgehead atoms. The SMILES string of the molecule is COc1ccc(OCc2nnc(SCc3ccc(Br)cc3F)n2C)cc1. The molecular weight excluding hydrogens is 421 g/mol. The van der Waals surface area contributed by atoms with Crippen LogP contribution in [0.2, 0.25) is 0 Å². The van der Waals surface area contributed by atoms with Crippen LogP contribution in [-0.2, 0) is 19.4 Å². The Balaban J connectivity index is 1.60. The predicted octanol–water partition coefficient (Wildman–Crippen LogP) is 4.60. The van der Waals surface area contributed by atoms with Crippen molar-refractivity contribution in [1.29, 1.82) is 0 Å². The van der Waals surface area contributed by atoms with E-state index >= 15 is 0 Å². The smallest absolute Gasteiger partial charge is 0.191 e. The van der Waals surface area contributed by atoms with Crippen molar-refractivity contribution in [3.63, 3.8) is 0 Å². The van der Waals surface area contributed by atoms with Crippen molar-refractivity contribution in [2.45, 2.75) is 17.5 Å². The molecule has 3 aromatic rings. The molecule has 136 valence electrons. The fourth-order valence-corrected chi connectivity index (χ4v) is 3.45. The molecule has 0 unspecified atom stereocenters. The summed E-state index contributed by atoms with van der Waals surface area (Å²) in [4.78, 5) is 0. The van der Waals surface area contributed by atoms with Crippen LogP contribution in [0, 0.1) is 5.82 Å². The van der Waals surface area contributed by atoms with E-state index in [4.69, 9.17) is 9.47 Å². The molecule has 0 spiro atoms. The minimum Gasteiger partial charge on any atom is -0.497 e. The van der Waals surface area contributed by atoms with Crippen LogP contribution in [0.4, 0.5) is 4.39 Å². The summed E-state index contributed by atoms with van der Waals surface area (Å²) in [5.74, 6) is 2.43. The van der Waals surface area contributed by atoms with E-state index in [0.717, 1.165) is 16.0 Å². The van der Waals surface area contributed by atoms with Gasteiger partial charge in [0.25, 0.3) is 0 Å². The molecule has 0 radical (unpaired) electrons. The number of thioether (sulfide) groups is 1. The van der Waals surface area contributed by atoms with E-state index in [1.807, 2.05) is 41.9 Å². The van der Waals surface area contributed by atoms with Crippen molar-refractivity contribution in [2.24, 2.45) is 7.05 Å². The van der Waals surface area contributed by atoms with Gasteiger partial charge in [0, 0.05) is 17.3 Å². The molecule has 2 aromatic carbocycles. The molecule has 0 amide bonds. The first-order valence-electron chi connectivity index (χ1n) is 7.78. The maximum absolute atomic E-state index is 13.9. The molecule has 0 saturated carbocycles. The van der Waals surface area contributed by atoms with E-state index in [1.54, 1.807) is 13.2 Å². The topological polar surface area (TPSA) is 49.2 Å². The van der Waals surface area contributed by atoms with Gasteiger partial charge in [0.15, 0.2) is 11.0 Å². The zero-order valence-corrected chi connectivity index (χ0v) is 16.7. The molecule has 26 heavy (non-hydrogen) atoms. The van der Waals surface area contributed by atoms with Gasteiger partial charge in [-0.2, -0.15) is 0 Å². The summed E-state index contributed by atoms with van der Waals surface area (Å²) in [6, 6.07) is 12.4. The lowest BCUT2D eigenvalue weighted by atomic mass is 10.2. The average Bonchev–Trinajstić information content (AvgIpc) is 2.99. The van der Waals surface area contributed by atoms with E-state index in [0.29, 0.717) is 28.9 Å². The Hall–Kier alpha value is -2.06. The van der Waals surface area contributed by atoms with Crippen molar-refractivity contribution in [2.75, 3.05) is 7.11 Å². The normalized spacial score (nSPS) is 10.8. The summed E-state index contributed by atoms with van der Waals surface area (Å²) in [6.45, 7) is 0.295. The van der Waals surface area contributed by atoms with Gasteiger partial charge in [-0.3, -0.25) is 0 Å². The summed E-state index contributed by atoms with van der Waals surface area (Å²) < 4.78 is 27.3. The van der Waals surface area contributed by atoms with Crippen molar-refractivity contribution in [3.8, 4) is 11.5 Å². The maximum Gasteiger partial charge on any atom is 0.191 e. The highest BCUT2D eigenvalue weighted by molar-refractivity contribution is 9.10. The van der Waals surface area contributed by atoms with E-state index in [9.17, 15) is 4.39 Å². The van der Waals surface area contributed by atoms with Crippen LogP contribution < -0.4 is 9.47 Å². The van der Waals surface area contributed by atoms with Crippen molar-refractivity contribution in [1.82, 2.24) is 14.8 Å². The lowest BCUT2D eigenvalue weighted by Crippen LogP contribution is -2.04. The lowest BCUT2D eigenvalue weighted by Gasteiger charge is -2.07. The van der Waals surface area contributed by atoms with Crippen LogP contribution in [-0.4, -0.2) is 21.9 Å². The zero-order chi connectivity index (χ0) is 18.5. The Morgan fingerprint density at radius 3 is 2.54 bits per heavy atom. The van der Waals surface area contributed by atoms with Crippen LogP contribution in [0.1, 0.15) is 11.4 Å². The number of benzene rings is 2. The zero-order valence-electron chi connectivity index (χ0n) is 14.3. The summed E-state index contributed by atoms with van der Waals surface area (Å²) in [6.07, 6.45) is 0. The molecule has 0 aliphatic rings. The number of rotatable bonds is 7. The van der Waals surface area contributed by atoms with Crippen LogP contribution in [0.25, 0.3) is 0 Å². The minimum atomic E-state index is -0.239. The summed E-state index contributed by atoms with van der Waals surface area (Å²) in [7, 11) is 3.49. The van der Waals surface area contributed by atoms with Gasteiger partial charge in [0.05, 0.1) is 7.11 Å². The van der Waals surface area contributed by atoms with Crippen LogP contribution in [0.3, 0.4) is 0 Å². The Kier molecular flexibility index (Phi) is 6.16. The third-order valence-electron chi connectivity index (χ3n) is 3.72. The van der Waals surface area contributed by atoms with Gasteiger partial charge in [-0.1, -0.05) is 33.8 Å². The van der Waals surface area contributed by atoms with Gasteiger partial charge in [-0.15, -0.1) is 10.2 Å². The highest BCUT2D eigenvalue weighted by Gasteiger charge is 2.12. The molecule has 8 heteroatoms. The van der Waals surface area contributed by atoms with Crippen molar-refractivity contribution in [3.05, 3.63) is 64.1 Å². The quantitative estimate of drug-likeness (QED) is 0.505. The van der Waals surface area contributed by atoms with Gasteiger partial charge >= 0.3 is 0 Å². The molecule has 1 heterocycles. The first-order chi connectivity index (χ1) is 12.6. The van der Waals surface area contributed by atoms with E-state index < -0.39 is 0 Å². The monoisotopic (exact) mass is 437 g/mol.